The molecule has 0 spiro atoms. The number of alkyl halides is 3. The topological polar surface area (TPSA) is 87.7 Å². The van der Waals surface area contributed by atoms with Crippen molar-refractivity contribution in [1.82, 2.24) is 15.5 Å². The third kappa shape index (κ3) is 5.79. The Labute approximate surface area is 185 Å². The molecule has 1 heterocycles. The van der Waals surface area contributed by atoms with E-state index in [-0.39, 0.29) is 31.0 Å². The van der Waals surface area contributed by atoms with Gasteiger partial charge in [0.05, 0.1) is 19.2 Å². The minimum atomic E-state index is -4.77. The van der Waals surface area contributed by atoms with Gasteiger partial charge >= 0.3 is 12.2 Å². The lowest BCUT2D eigenvalue weighted by Crippen LogP contribution is -2.46. The van der Waals surface area contributed by atoms with E-state index in [1.807, 2.05) is 5.32 Å². The maximum atomic E-state index is 13.6. The molecule has 2 N–H and O–H groups in total. The van der Waals surface area contributed by atoms with E-state index in [1.54, 1.807) is 18.2 Å². The Morgan fingerprint density at radius 1 is 1.27 bits per heavy atom. The Bertz CT molecular complexity index is 1150. The van der Waals surface area contributed by atoms with Gasteiger partial charge in [-0.25, -0.2) is 9.18 Å². The zero-order valence-electron chi connectivity index (χ0n) is 17.1. The first-order chi connectivity index (χ1) is 15.6. The fraction of sp³-hybridized carbons (Fsp3) is 0.227. The highest BCUT2D eigenvalue weighted by Gasteiger charge is 2.32. The van der Waals surface area contributed by atoms with Crippen molar-refractivity contribution in [3.63, 3.8) is 0 Å². The van der Waals surface area contributed by atoms with Gasteiger partial charge in [-0.2, -0.15) is 13.2 Å². The van der Waals surface area contributed by atoms with Gasteiger partial charge < -0.3 is 15.0 Å². The van der Waals surface area contributed by atoms with Crippen LogP contribution in [0.15, 0.2) is 36.4 Å². The van der Waals surface area contributed by atoms with Gasteiger partial charge in [-0.05, 0) is 35.9 Å². The van der Waals surface area contributed by atoms with Gasteiger partial charge in [0, 0.05) is 17.7 Å². The molecule has 3 rings (SSSR count). The number of carbonyl (C=O) groups is 3. The molecule has 7 nitrogen and oxygen atoms in total. The molecule has 1 aliphatic rings. The molecule has 4 amide bonds. The largest absolute Gasteiger partial charge is 0.497 e. The third-order valence-corrected chi connectivity index (χ3v) is 4.71. The molecule has 0 saturated carbocycles. The summed E-state index contributed by atoms with van der Waals surface area (Å²) >= 11 is 0. The molecule has 1 aliphatic heterocycles. The molecule has 11 heteroatoms. The number of urea groups is 1. The second-order valence-corrected chi connectivity index (χ2v) is 6.99. The number of halogens is 4. The van der Waals surface area contributed by atoms with E-state index in [0.29, 0.717) is 29.0 Å². The summed E-state index contributed by atoms with van der Waals surface area (Å²) < 4.78 is 57.6. The highest BCUT2D eigenvalue weighted by Crippen LogP contribution is 2.30. The van der Waals surface area contributed by atoms with Crippen LogP contribution in [0, 0.1) is 17.7 Å². The van der Waals surface area contributed by atoms with Crippen LogP contribution in [-0.4, -0.2) is 42.9 Å². The summed E-state index contributed by atoms with van der Waals surface area (Å²) in [6, 6.07) is 4.78. The van der Waals surface area contributed by atoms with Crippen LogP contribution in [0.4, 0.5) is 22.4 Å². The lowest BCUT2D eigenvalue weighted by Gasteiger charge is -2.21. The van der Waals surface area contributed by atoms with E-state index in [2.05, 4.69) is 17.2 Å². The summed E-state index contributed by atoms with van der Waals surface area (Å²) in [6.07, 6.45) is -4.64. The van der Waals surface area contributed by atoms with Crippen molar-refractivity contribution < 1.29 is 36.7 Å². The van der Waals surface area contributed by atoms with Gasteiger partial charge in [-0.1, -0.05) is 17.9 Å². The van der Waals surface area contributed by atoms with E-state index >= 15 is 0 Å². The molecule has 0 fully saturated rings. The van der Waals surface area contributed by atoms with Crippen LogP contribution in [0.3, 0.4) is 0 Å². The number of nitrogens with zero attached hydrogens (tertiary/aromatic N) is 1. The standard InChI is InChI=1S/C22H17F4N3O4/c1-33-18-5-3-14-10-29(20(31)19(14)9-18)11-17(28-21(32)27-12-30)4-2-13-6-15(22(24,25)26)8-16(23)7-13/h3,5-9,12,17H,10-11H2,1H3,(H2,27,28,30,32)/t17-/m1/s1. The number of ether oxygens (including phenoxy) is 1. The fourth-order valence-corrected chi connectivity index (χ4v) is 3.21. The highest BCUT2D eigenvalue weighted by atomic mass is 19.4. The number of methoxy groups -OCH3 is 1. The number of carbonyl (C=O) groups excluding carboxylic acids is 3. The van der Waals surface area contributed by atoms with Gasteiger partial charge in [0.15, 0.2) is 0 Å². The van der Waals surface area contributed by atoms with Crippen molar-refractivity contribution in [1.29, 1.82) is 0 Å². The van der Waals surface area contributed by atoms with E-state index in [9.17, 15) is 31.9 Å². The quantitative estimate of drug-likeness (QED) is 0.406. The molecule has 0 aromatic heterocycles. The number of benzene rings is 2. The molecule has 2 aromatic carbocycles. The van der Waals surface area contributed by atoms with Crippen LogP contribution in [-0.2, 0) is 17.5 Å². The first-order valence-electron chi connectivity index (χ1n) is 9.47. The van der Waals surface area contributed by atoms with E-state index in [0.717, 1.165) is 6.07 Å². The third-order valence-electron chi connectivity index (χ3n) is 4.71. The predicted octanol–water partition coefficient (Wildman–Crippen LogP) is 2.68. The molecule has 0 saturated heterocycles. The van der Waals surface area contributed by atoms with Crippen molar-refractivity contribution in [2.24, 2.45) is 0 Å². The zero-order chi connectivity index (χ0) is 24.2. The lowest BCUT2D eigenvalue weighted by molar-refractivity contribution is -0.137. The number of hydrogen-bond acceptors (Lipinski definition) is 4. The van der Waals surface area contributed by atoms with Crippen molar-refractivity contribution in [2.45, 2.75) is 18.8 Å². The summed E-state index contributed by atoms with van der Waals surface area (Å²) in [5.41, 5.74) is -0.372. The SMILES string of the molecule is COc1ccc2c(c1)C(=O)N(C[C@@H](C#Cc1cc(F)cc(C(F)(F)F)c1)NC(=O)NC=O)C2. The maximum Gasteiger partial charge on any atom is 0.416 e. The summed E-state index contributed by atoms with van der Waals surface area (Å²) in [5, 5.41) is 4.21. The molecule has 1 atom stereocenters. The number of amides is 4. The molecular formula is C22H17F4N3O4. The van der Waals surface area contributed by atoms with Crippen LogP contribution in [0.25, 0.3) is 0 Å². The predicted molar refractivity (Wildman–Crippen MR) is 108 cm³/mol. The molecule has 2 aromatic rings. The summed E-state index contributed by atoms with van der Waals surface area (Å²) in [7, 11) is 1.46. The molecule has 33 heavy (non-hydrogen) atoms. The Hall–Kier alpha value is -4.07. The molecule has 172 valence electrons. The van der Waals surface area contributed by atoms with Crippen molar-refractivity contribution >= 4 is 18.3 Å². The zero-order valence-corrected chi connectivity index (χ0v) is 17.1. The Kier molecular flexibility index (Phi) is 6.86. The average molecular weight is 463 g/mol. The number of imide groups is 1. The minimum Gasteiger partial charge on any atom is -0.497 e. The first kappa shape index (κ1) is 23.6. The molecule has 0 unspecified atom stereocenters. The molecule has 0 bridgehead atoms. The van der Waals surface area contributed by atoms with Crippen LogP contribution in [0.2, 0.25) is 0 Å². The van der Waals surface area contributed by atoms with Crippen LogP contribution >= 0.6 is 0 Å². The Morgan fingerprint density at radius 3 is 2.70 bits per heavy atom. The van der Waals surface area contributed by atoms with Gasteiger partial charge in [0.25, 0.3) is 5.91 Å². The van der Waals surface area contributed by atoms with Crippen molar-refractivity contribution in [3.05, 3.63) is 64.5 Å². The van der Waals surface area contributed by atoms with Gasteiger partial charge in [-0.15, -0.1) is 0 Å². The monoisotopic (exact) mass is 463 g/mol. The molecule has 0 aliphatic carbocycles. The Morgan fingerprint density at radius 2 is 2.03 bits per heavy atom. The summed E-state index contributed by atoms with van der Waals surface area (Å²) in [4.78, 5) is 36.5. The smallest absolute Gasteiger partial charge is 0.416 e. The number of rotatable bonds is 5. The van der Waals surface area contributed by atoms with E-state index < -0.39 is 29.6 Å². The van der Waals surface area contributed by atoms with Crippen LogP contribution in [0.1, 0.15) is 27.0 Å². The Balaban J connectivity index is 1.85. The van der Waals surface area contributed by atoms with Gasteiger partial charge in [0.1, 0.15) is 17.6 Å². The fourth-order valence-electron chi connectivity index (χ4n) is 3.21. The number of hydrogen-bond donors (Lipinski definition) is 2. The van der Waals surface area contributed by atoms with Crippen molar-refractivity contribution in [3.8, 4) is 17.6 Å². The number of nitrogens with one attached hydrogen (secondary N) is 2. The molecular weight excluding hydrogens is 446 g/mol. The molecule has 0 radical (unpaired) electrons. The van der Waals surface area contributed by atoms with Crippen LogP contribution in [0.5, 0.6) is 5.75 Å². The summed E-state index contributed by atoms with van der Waals surface area (Å²) in [6.45, 7) is 0.0576. The van der Waals surface area contributed by atoms with Gasteiger partial charge in [0.2, 0.25) is 6.41 Å². The normalized spacial score (nSPS) is 13.5. The minimum absolute atomic E-state index is 0.130. The first-order valence-corrected chi connectivity index (χ1v) is 9.47. The second-order valence-electron chi connectivity index (χ2n) is 6.99. The number of fused-ring (bicyclic) bond motifs is 1. The van der Waals surface area contributed by atoms with Crippen molar-refractivity contribution in [2.75, 3.05) is 13.7 Å². The highest BCUT2D eigenvalue weighted by molar-refractivity contribution is 5.98. The van der Waals surface area contributed by atoms with Crippen LogP contribution < -0.4 is 15.4 Å². The van der Waals surface area contributed by atoms with E-state index in [1.165, 1.54) is 12.0 Å². The average Bonchev–Trinajstić information content (AvgIpc) is 3.06. The van der Waals surface area contributed by atoms with E-state index in [4.69, 9.17) is 4.74 Å². The second kappa shape index (κ2) is 9.60. The lowest BCUT2D eigenvalue weighted by atomic mass is 10.1. The van der Waals surface area contributed by atoms with Gasteiger partial charge in [-0.3, -0.25) is 14.9 Å². The summed E-state index contributed by atoms with van der Waals surface area (Å²) in [5.74, 6) is 3.92. The maximum absolute atomic E-state index is 13.6.